The van der Waals surface area contributed by atoms with E-state index in [0.29, 0.717) is 0 Å². The third-order valence-corrected chi connectivity index (χ3v) is 3.05. The summed E-state index contributed by atoms with van der Waals surface area (Å²) in [4.78, 5) is 0. The molecule has 0 aliphatic carbocycles. The van der Waals surface area contributed by atoms with E-state index >= 15 is 0 Å². The van der Waals surface area contributed by atoms with E-state index in [0.717, 1.165) is 19.6 Å². The van der Waals surface area contributed by atoms with Crippen LogP contribution in [0.4, 0.5) is 5.69 Å². The molecule has 84 valence electrons. The van der Waals surface area contributed by atoms with Gasteiger partial charge in [-0.15, -0.1) is 0 Å². The monoisotopic (exact) mass is 232 g/mol. The van der Waals surface area contributed by atoms with Crippen molar-refractivity contribution in [2.75, 3.05) is 18.4 Å². The number of thiophene rings is 1. The highest BCUT2D eigenvalue weighted by molar-refractivity contribution is 7.07. The van der Waals surface area contributed by atoms with Crippen LogP contribution < -0.4 is 10.6 Å². The lowest BCUT2D eigenvalue weighted by molar-refractivity contribution is 0.708. The van der Waals surface area contributed by atoms with Crippen molar-refractivity contribution in [3.8, 4) is 0 Å². The largest absolute Gasteiger partial charge is 0.384 e. The number of benzene rings is 1. The second kappa shape index (κ2) is 6.30. The van der Waals surface area contributed by atoms with Gasteiger partial charge < -0.3 is 10.6 Å². The summed E-state index contributed by atoms with van der Waals surface area (Å²) >= 11 is 1.74. The second-order valence-corrected chi connectivity index (χ2v) is 4.38. The first kappa shape index (κ1) is 11.2. The summed E-state index contributed by atoms with van der Waals surface area (Å²) in [6.07, 6.45) is 0. The molecule has 2 N–H and O–H groups in total. The van der Waals surface area contributed by atoms with E-state index in [9.17, 15) is 0 Å². The van der Waals surface area contributed by atoms with Crippen LogP contribution in [0.3, 0.4) is 0 Å². The quantitative estimate of drug-likeness (QED) is 0.748. The van der Waals surface area contributed by atoms with Crippen LogP contribution in [0, 0.1) is 0 Å². The fourth-order valence-corrected chi connectivity index (χ4v) is 2.15. The number of hydrogen-bond donors (Lipinski definition) is 2. The van der Waals surface area contributed by atoms with Crippen molar-refractivity contribution < 1.29 is 0 Å². The van der Waals surface area contributed by atoms with E-state index < -0.39 is 0 Å². The molecule has 1 aromatic carbocycles. The second-order valence-electron chi connectivity index (χ2n) is 3.60. The first-order valence-corrected chi connectivity index (χ1v) is 6.40. The molecule has 2 nitrogen and oxygen atoms in total. The molecule has 0 radical (unpaired) electrons. The third kappa shape index (κ3) is 3.68. The molecular weight excluding hydrogens is 216 g/mol. The highest BCUT2D eigenvalue weighted by Crippen LogP contribution is 2.05. The van der Waals surface area contributed by atoms with Crippen molar-refractivity contribution in [1.82, 2.24) is 5.32 Å². The molecule has 0 aliphatic rings. The summed E-state index contributed by atoms with van der Waals surface area (Å²) in [6.45, 7) is 2.89. The highest BCUT2D eigenvalue weighted by Gasteiger charge is 1.92. The van der Waals surface area contributed by atoms with Gasteiger partial charge in [0.2, 0.25) is 0 Å². The van der Waals surface area contributed by atoms with Crippen LogP contribution in [0.1, 0.15) is 5.56 Å². The molecule has 0 bridgehead atoms. The lowest BCUT2D eigenvalue weighted by Gasteiger charge is -2.06. The molecule has 16 heavy (non-hydrogen) atoms. The first-order valence-electron chi connectivity index (χ1n) is 5.46. The maximum Gasteiger partial charge on any atom is 0.0340 e. The predicted molar refractivity (Wildman–Crippen MR) is 71.0 cm³/mol. The summed E-state index contributed by atoms with van der Waals surface area (Å²) in [5.74, 6) is 0. The SMILES string of the molecule is c1ccc(NCCNCc2ccsc2)cc1. The van der Waals surface area contributed by atoms with Gasteiger partial charge in [-0.1, -0.05) is 18.2 Å². The lowest BCUT2D eigenvalue weighted by atomic mass is 10.3. The van der Waals surface area contributed by atoms with Gasteiger partial charge in [0.1, 0.15) is 0 Å². The van der Waals surface area contributed by atoms with Crippen molar-refractivity contribution in [3.05, 3.63) is 52.7 Å². The lowest BCUT2D eigenvalue weighted by Crippen LogP contribution is -2.21. The summed E-state index contributed by atoms with van der Waals surface area (Å²) < 4.78 is 0. The van der Waals surface area contributed by atoms with Gasteiger partial charge in [-0.25, -0.2) is 0 Å². The smallest absolute Gasteiger partial charge is 0.0340 e. The minimum atomic E-state index is 0.953. The molecule has 2 rings (SSSR count). The number of para-hydroxylation sites is 1. The van der Waals surface area contributed by atoms with Gasteiger partial charge in [0.05, 0.1) is 0 Å². The molecule has 1 heterocycles. The molecular formula is C13H16N2S. The van der Waals surface area contributed by atoms with Gasteiger partial charge in [-0.05, 0) is 34.5 Å². The van der Waals surface area contributed by atoms with Gasteiger partial charge in [-0.3, -0.25) is 0 Å². The molecule has 3 heteroatoms. The summed E-state index contributed by atoms with van der Waals surface area (Å²) in [5.41, 5.74) is 2.55. The van der Waals surface area contributed by atoms with Crippen molar-refractivity contribution in [2.45, 2.75) is 6.54 Å². The Morgan fingerprint density at radius 3 is 2.62 bits per heavy atom. The molecule has 1 aromatic heterocycles. The van der Waals surface area contributed by atoms with Gasteiger partial charge in [0.15, 0.2) is 0 Å². The van der Waals surface area contributed by atoms with Gasteiger partial charge in [0.25, 0.3) is 0 Å². The van der Waals surface area contributed by atoms with E-state index in [1.165, 1.54) is 11.3 Å². The average Bonchev–Trinajstić information content (AvgIpc) is 2.83. The molecule has 0 saturated carbocycles. The zero-order chi connectivity index (χ0) is 11.1. The van der Waals surface area contributed by atoms with Crippen LogP contribution in [0.5, 0.6) is 0 Å². The fraction of sp³-hybridized carbons (Fsp3) is 0.231. The molecule has 0 saturated heterocycles. The van der Waals surface area contributed by atoms with Gasteiger partial charge in [0, 0.05) is 25.3 Å². The van der Waals surface area contributed by atoms with Crippen LogP contribution in [-0.4, -0.2) is 13.1 Å². The Hall–Kier alpha value is -1.32. The van der Waals surface area contributed by atoms with E-state index in [4.69, 9.17) is 0 Å². The normalized spacial score (nSPS) is 10.2. The number of hydrogen-bond acceptors (Lipinski definition) is 3. The Bertz CT molecular complexity index is 384. The van der Waals surface area contributed by atoms with Crippen LogP contribution in [0.25, 0.3) is 0 Å². The molecule has 2 aromatic rings. The Kier molecular flexibility index (Phi) is 4.40. The Morgan fingerprint density at radius 1 is 1.00 bits per heavy atom. The standard InChI is InChI=1S/C13H16N2S/c1-2-4-13(5-3-1)15-8-7-14-10-12-6-9-16-11-12/h1-6,9,11,14-15H,7-8,10H2. The molecule has 0 fully saturated rings. The van der Waals surface area contributed by atoms with E-state index in [1.807, 2.05) is 18.2 Å². The van der Waals surface area contributed by atoms with Crippen molar-refractivity contribution in [3.63, 3.8) is 0 Å². The zero-order valence-corrected chi connectivity index (χ0v) is 9.96. The van der Waals surface area contributed by atoms with E-state index in [-0.39, 0.29) is 0 Å². The maximum absolute atomic E-state index is 3.40. The van der Waals surface area contributed by atoms with Crippen molar-refractivity contribution in [1.29, 1.82) is 0 Å². The Balaban J connectivity index is 1.59. The topological polar surface area (TPSA) is 24.1 Å². The van der Waals surface area contributed by atoms with Crippen LogP contribution in [0.2, 0.25) is 0 Å². The molecule has 0 aliphatic heterocycles. The number of nitrogens with one attached hydrogen (secondary N) is 2. The zero-order valence-electron chi connectivity index (χ0n) is 9.15. The number of rotatable bonds is 6. The minimum Gasteiger partial charge on any atom is -0.384 e. The molecule has 0 unspecified atom stereocenters. The molecule has 0 spiro atoms. The predicted octanol–water partition coefficient (Wildman–Crippen LogP) is 2.95. The van der Waals surface area contributed by atoms with Crippen LogP contribution in [-0.2, 0) is 6.54 Å². The summed E-state index contributed by atoms with van der Waals surface area (Å²) in [7, 11) is 0. The maximum atomic E-state index is 3.40. The summed E-state index contributed by atoms with van der Waals surface area (Å²) in [5, 5.41) is 11.1. The number of anilines is 1. The van der Waals surface area contributed by atoms with Crippen LogP contribution >= 0.6 is 11.3 Å². The van der Waals surface area contributed by atoms with Crippen LogP contribution in [0.15, 0.2) is 47.2 Å². The summed E-state index contributed by atoms with van der Waals surface area (Å²) in [6, 6.07) is 12.4. The first-order chi connectivity index (χ1) is 7.95. The van der Waals surface area contributed by atoms with E-state index in [1.54, 1.807) is 11.3 Å². The molecule has 0 amide bonds. The molecule has 0 atom stereocenters. The highest BCUT2D eigenvalue weighted by atomic mass is 32.1. The van der Waals surface area contributed by atoms with Crippen molar-refractivity contribution in [2.24, 2.45) is 0 Å². The third-order valence-electron chi connectivity index (χ3n) is 2.31. The average molecular weight is 232 g/mol. The Labute approximate surface area is 100 Å². The fourth-order valence-electron chi connectivity index (χ4n) is 1.48. The van der Waals surface area contributed by atoms with Crippen molar-refractivity contribution >= 4 is 17.0 Å². The van der Waals surface area contributed by atoms with Gasteiger partial charge in [-0.2, -0.15) is 11.3 Å². The van der Waals surface area contributed by atoms with Gasteiger partial charge >= 0.3 is 0 Å². The van der Waals surface area contributed by atoms with E-state index in [2.05, 4.69) is 39.6 Å². The Morgan fingerprint density at radius 2 is 1.88 bits per heavy atom. The minimum absolute atomic E-state index is 0.953.